The maximum absolute atomic E-state index is 12.7. The molecular weight excluding hydrogens is 340 g/mol. The molecule has 1 aromatic carbocycles. The molecule has 2 atom stereocenters. The molecular formula is C21H30N4O2. The number of pyridine rings is 1. The van der Waals surface area contributed by atoms with Crippen LogP contribution in [0.15, 0.2) is 23.0 Å². The van der Waals surface area contributed by atoms with Gasteiger partial charge in [0.1, 0.15) is 0 Å². The standard InChI is InChI=1S/C21H30N4O2/c1-14-4-5-15(2)21-20(14)18(26)10-16(22-21)11-24-12-17(19(27)13-24)25-8-6-23(3)7-9-25/h4-5,10,17,19,27H,6-9,11-13H2,1-3H3,(H,22,26)/t17-,19-/m0/s1. The minimum atomic E-state index is -0.329. The molecule has 0 aliphatic carbocycles. The van der Waals surface area contributed by atoms with Crippen LogP contribution in [0.1, 0.15) is 16.8 Å². The highest BCUT2D eigenvalue weighted by molar-refractivity contribution is 5.84. The second-order valence-electron chi connectivity index (χ2n) is 8.28. The van der Waals surface area contributed by atoms with Crippen molar-refractivity contribution in [3.63, 3.8) is 0 Å². The molecule has 2 saturated heterocycles. The Hall–Kier alpha value is -1.73. The minimum absolute atomic E-state index is 0.0790. The Bertz CT molecular complexity index is 886. The Kier molecular flexibility index (Phi) is 5.07. The van der Waals surface area contributed by atoms with Gasteiger partial charge in [0, 0.05) is 69.0 Å². The van der Waals surface area contributed by atoms with Crippen LogP contribution in [-0.4, -0.2) is 83.3 Å². The molecule has 2 aromatic rings. The lowest BCUT2D eigenvalue weighted by Crippen LogP contribution is -2.52. The maximum atomic E-state index is 12.7. The predicted molar refractivity (Wildman–Crippen MR) is 108 cm³/mol. The summed E-state index contributed by atoms with van der Waals surface area (Å²) >= 11 is 0. The van der Waals surface area contributed by atoms with Crippen molar-refractivity contribution in [3.8, 4) is 0 Å². The number of hydrogen-bond acceptors (Lipinski definition) is 5. The van der Waals surface area contributed by atoms with E-state index >= 15 is 0 Å². The smallest absolute Gasteiger partial charge is 0.189 e. The molecule has 0 spiro atoms. The lowest BCUT2D eigenvalue weighted by atomic mass is 10.0. The summed E-state index contributed by atoms with van der Waals surface area (Å²) in [6.45, 7) is 10.3. The largest absolute Gasteiger partial charge is 0.390 e. The minimum Gasteiger partial charge on any atom is -0.390 e. The zero-order chi connectivity index (χ0) is 19.1. The van der Waals surface area contributed by atoms with Gasteiger partial charge in [0.2, 0.25) is 0 Å². The number of aliphatic hydroxyl groups excluding tert-OH is 1. The number of hydrogen-bond donors (Lipinski definition) is 2. The van der Waals surface area contributed by atoms with Crippen LogP contribution in [-0.2, 0) is 6.54 Å². The van der Waals surface area contributed by atoms with Crippen LogP contribution < -0.4 is 5.43 Å². The number of likely N-dealkylation sites (N-methyl/N-ethyl adjacent to an activating group) is 1. The van der Waals surface area contributed by atoms with Gasteiger partial charge in [-0.05, 0) is 32.0 Å². The normalized spacial score (nSPS) is 25.5. The van der Waals surface area contributed by atoms with Gasteiger partial charge in [-0.1, -0.05) is 12.1 Å². The highest BCUT2D eigenvalue weighted by Gasteiger charge is 2.36. The van der Waals surface area contributed by atoms with Crippen LogP contribution in [0.2, 0.25) is 0 Å². The first kappa shape index (κ1) is 18.6. The first-order chi connectivity index (χ1) is 12.9. The van der Waals surface area contributed by atoms with Gasteiger partial charge in [-0.2, -0.15) is 0 Å². The second-order valence-corrected chi connectivity index (χ2v) is 8.28. The Balaban J connectivity index is 1.51. The molecule has 2 N–H and O–H groups in total. The molecule has 6 heteroatoms. The second kappa shape index (κ2) is 7.36. The number of aliphatic hydroxyl groups is 1. The van der Waals surface area contributed by atoms with Crippen molar-refractivity contribution >= 4 is 10.9 Å². The number of piperazine rings is 1. The first-order valence-electron chi connectivity index (χ1n) is 9.87. The molecule has 0 saturated carbocycles. The number of nitrogens with one attached hydrogen (secondary N) is 1. The fourth-order valence-corrected chi connectivity index (χ4v) is 4.53. The lowest BCUT2D eigenvalue weighted by Gasteiger charge is -2.37. The third kappa shape index (κ3) is 3.67. The van der Waals surface area contributed by atoms with Crippen LogP contribution >= 0.6 is 0 Å². The highest BCUT2D eigenvalue weighted by Crippen LogP contribution is 2.21. The van der Waals surface area contributed by atoms with Gasteiger partial charge in [0.15, 0.2) is 5.43 Å². The summed E-state index contributed by atoms with van der Waals surface area (Å²) in [4.78, 5) is 23.1. The van der Waals surface area contributed by atoms with Crippen LogP contribution in [0.5, 0.6) is 0 Å². The van der Waals surface area contributed by atoms with E-state index in [2.05, 4.69) is 32.8 Å². The molecule has 3 heterocycles. The van der Waals surface area contributed by atoms with Crippen molar-refractivity contribution < 1.29 is 5.11 Å². The van der Waals surface area contributed by atoms with E-state index in [-0.39, 0.29) is 17.6 Å². The Morgan fingerprint density at radius 2 is 1.81 bits per heavy atom. The summed E-state index contributed by atoms with van der Waals surface area (Å²) in [5, 5.41) is 11.4. The fraction of sp³-hybridized carbons (Fsp3) is 0.571. The third-order valence-electron chi connectivity index (χ3n) is 6.19. The van der Waals surface area contributed by atoms with Crippen molar-refractivity contribution in [3.05, 3.63) is 45.2 Å². The summed E-state index contributed by atoms with van der Waals surface area (Å²) in [6.07, 6.45) is -0.329. The topological polar surface area (TPSA) is 62.8 Å². The third-order valence-corrected chi connectivity index (χ3v) is 6.19. The number of fused-ring (bicyclic) bond motifs is 1. The SMILES string of the molecule is Cc1ccc(C)c2c(=O)cc(CN3C[C@H](O)[C@@H](N4CCN(C)CC4)C3)[nH]c12. The van der Waals surface area contributed by atoms with E-state index in [1.165, 1.54) is 0 Å². The van der Waals surface area contributed by atoms with Crippen molar-refractivity contribution in [2.75, 3.05) is 46.3 Å². The van der Waals surface area contributed by atoms with Gasteiger partial charge in [0.25, 0.3) is 0 Å². The predicted octanol–water partition coefficient (Wildman–Crippen LogP) is 0.937. The lowest BCUT2D eigenvalue weighted by molar-refractivity contribution is 0.0512. The van der Waals surface area contributed by atoms with Crippen LogP contribution in [0, 0.1) is 13.8 Å². The molecule has 6 nitrogen and oxygen atoms in total. The Morgan fingerprint density at radius 3 is 2.56 bits per heavy atom. The fourth-order valence-electron chi connectivity index (χ4n) is 4.53. The molecule has 27 heavy (non-hydrogen) atoms. The molecule has 0 amide bonds. The van der Waals surface area contributed by atoms with Crippen molar-refractivity contribution in [2.24, 2.45) is 0 Å². The monoisotopic (exact) mass is 370 g/mol. The molecule has 0 bridgehead atoms. The van der Waals surface area contributed by atoms with Gasteiger partial charge in [-0.15, -0.1) is 0 Å². The van der Waals surface area contributed by atoms with Crippen LogP contribution in [0.25, 0.3) is 10.9 Å². The summed E-state index contributed by atoms with van der Waals surface area (Å²) in [5.74, 6) is 0. The summed E-state index contributed by atoms with van der Waals surface area (Å²) in [5.41, 5.74) is 4.04. The molecule has 2 aliphatic heterocycles. The molecule has 0 unspecified atom stereocenters. The number of nitrogens with zero attached hydrogens (tertiary/aromatic N) is 3. The van der Waals surface area contributed by atoms with Gasteiger partial charge >= 0.3 is 0 Å². The first-order valence-corrected chi connectivity index (χ1v) is 9.87. The summed E-state index contributed by atoms with van der Waals surface area (Å²) in [7, 11) is 2.15. The van der Waals surface area contributed by atoms with E-state index in [0.717, 1.165) is 60.4 Å². The number of likely N-dealkylation sites (tertiary alicyclic amines) is 1. The van der Waals surface area contributed by atoms with E-state index in [1.54, 1.807) is 6.07 Å². The number of aromatic amines is 1. The quantitative estimate of drug-likeness (QED) is 0.842. The van der Waals surface area contributed by atoms with Gasteiger partial charge in [-0.3, -0.25) is 14.6 Å². The number of benzene rings is 1. The Morgan fingerprint density at radius 1 is 1.11 bits per heavy atom. The molecule has 2 fully saturated rings. The average molecular weight is 370 g/mol. The van der Waals surface area contributed by atoms with Gasteiger partial charge in [-0.25, -0.2) is 0 Å². The van der Waals surface area contributed by atoms with E-state index < -0.39 is 0 Å². The van der Waals surface area contributed by atoms with E-state index in [9.17, 15) is 9.90 Å². The van der Waals surface area contributed by atoms with Crippen molar-refractivity contribution in [1.29, 1.82) is 0 Å². The zero-order valence-corrected chi connectivity index (χ0v) is 16.5. The van der Waals surface area contributed by atoms with Crippen molar-refractivity contribution in [2.45, 2.75) is 32.5 Å². The molecule has 1 aromatic heterocycles. The van der Waals surface area contributed by atoms with E-state index in [1.807, 2.05) is 19.9 Å². The summed E-state index contributed by atoms with van der Waals surface area (Å²) < 4.78 is 0. The number of aromatic nitrogens is 1. The Labute approximate surface area is 160 Å². The summed E-state index contributed by atoms with van der Waals surface area (Å²) in [6, 6.07) is 5.98. The number of H-pyrrole nitrogens is 1. The number of aryl methyl sites for hydroxylation is 2. The van der Waals surface area contributed by atoms with Gasteiger partial charge in [0.05, 0.1) is 11.6 Å². The van der Waals surface area contributed by atoms with E-state index in [0.29, 0.717) is 13.1 Å². The zero-order valence-electron chi connectivity index (χ0n) is 16.5. The molecule has 146 valence electrons. The molecule has 2 aliphatic rings. The molecule has 4 rings (SSSR count). The van der Waals surface area contributed by atoms with Gasteiger partial charge < -0.3 is 15.0 Å². The van der Waals surface area contributed by atoms with Crippen LogP contribution in [0.3, 0.4) is 0 Å². The maximum Gasteiger partial charge on any atom is 0.189 e. The average Bonchev–Trinajstić information content (AvgIpc) is 2.99. The van der Waals surface area contributed by atoms with E-state index in [4.69, 9.17) is 0 Å². The van der Waals surface area contributed by atoms with Crippen LogP contribution in [0.4, 0.5) is 0 Å². The number of β-amino-alcohol motifs (C(OH)–C–C–N with tert-alkyl or cyclic N) is 1. The highest BCUT2D eigenvalue weighted by atomic mass is 16.3. The van der Waals surface area contributed by atoms with Crippen molar-refractivity contribution in [1.82, 2.24) is 19.7 Å². The number of rotatable bonds is 3. The molecule has 0 radical (unpaired) electrons.